The van der Waals surface area contributed by atoms with E-state index < -0.39 is 6.04 Å². The molecule has 0 aliphatic heterocycles. The van der Waals surface area contributed by atoms with E-state index in [-0.39, 0.29) is 17.6 Å². The van der Waals surface area contributed by atoms with Crippen LogP contribution in [0.1, 0.15) is 30.0 Å². The van der Waals surface area contributed by atoms with Gasteiger partial charge in [0, 0.05) is 29.7 Å². The monoisotopic (exact) mass is 568 g/mol. The zero-order valence-electron chi connectivity index (χ0n) is 20.8. The Kier molecular flexibility index (Phi) is 11.4. The van der Waals surface area contributed by atoms with Gasteiger partial charge in [-0.2, -0.15) is 0 Å². The molecule has 3 aromatic carbocycles. The Balaban J connectivity index is 1.80. The maximum Gasteiger partial charge on any atom is 0.243 e. The summed E-state index contributed by atoms with van der Waals surface area (Å²) < 4.78 is 6.20. The van der Waals surface area contributed by atoms with Crippen LogP contribution in [-0.2, 0) is 28.3 Å². The quantitative estimate of drug-likeness (QED) is 0.280. The van der Waals surface area contributed by atoms with Crippen LogP contribution in [0.15, 0.2) is 83.3 Å². The molecule has 0 spiro atoms. The molecular weight excluding hydrogens is 536 g/mol. The van der Waals surface area contributed by atoms with E-state index in [1.165, 1.54) is 0 Å². The molecule has 3 rings (SSSR count). The highest BCUT2D eigenvalue weighted by Gasteiger charge is 2.30. The molecule has 0 radical (unpaired) electrons. The number of methoxy groups -OCH3 is 1. The summed E-state index contributed by atoms with van der Waals surface area (Å²) in [5.41, 5.74) is 3.12. The number of benzene rings is 3. The van der Waals surface area contributed by atoms with Gasteiger partial charge in [-0.1, -0.05) is 77.5 Å². The summed E-state index contributed by atoms with van der Waals surface area (Å²) in [6.07, 6.45) is 1.30. The lowest BCUT2D eigenvalue weighted by atomic mass is 10.0. The van der Waals surface area contributed by atoms with Gasteiger partial charge in [0.05, 0.1) is 12.9 Å². The van der Waals surface area contributed by atoms with E-state index in [9.17, 15) is 9.59 Å². The fraction of sp³-hybridized carbons (Fsp3) is 0.310. The Bertz CT molecular complexity index is 1090. The number of hydrogen-bond donors (Lipinski definition) is 1. The fourth-order valence-corrected chi connectivity index (χ4v) is 4.90. The van der Waals surface area contributed by atoms with Gasteiger partial charge in [-0.3, -0.25) is 9.59 Å². The third kappa shape index (κ3) is 8.71. The lowest BCUT2D eigenvalue weighted by Gasteiger charge is -2.31. The predicted octanol–water partition coefficient (Wildman–Crippen LogP) is 5.86. The first-order valence-corrected chi connectivity index (χ1v) is 14.0. The molecule has 0 aromatic heterocycles. The molecule has 1 unspecified atom stereocenters. The van der Waals surface area contributed by atoms with E-state index in [4.69, 9.17) is 4.74 Å². The first kappa shape index (κ1) is 27.8. The number of carbonyl (C=O) groups excluding carboxylic acids is 2. The van der Waals surface area contributed by atoms with Crippen molar-refractivity contribution < 1.29 is 14.3 Å². The summed E-state index contributed by atoms with van der Waals surface area (Å²) in [6, 6.07) is 25.0. The van der Waals surface area contributed by atoms with Gasteiger partial charge in [0.25, 0.3) is 0 Å². The van der Waals surface area contributed by atoms with Crippen molar-refractivity contribution in [3.05, 3.63) is 100 Å². The topological polar surface area (TPSA) is 58.6 Å². The van der Waals surface area contributed by atoms with Crippen LogP contribution in [0.5, 0.6) is 5.75 Å². The van der Waals surface area contributed by atoms with Crippen LogP contribution in [0.3, 0.4) is 0 Å². The van der Waals surface area contributed by atoms with Crippen molar-refractivity contribution in [1.82, 2.24) is 10.2 Å². The van der Waals surface area contributed by atoms with E-state index in [2.05, 4.69) is 21.2 Å². The SMILES string of the molecule is CCCNC(=O)C(Cc1ccccc1)N(Cc1ccc(Br)cc1)C(=O)CSCc1ccc(OC)cc1. The summed E-state index contributed by atoms with van der Waals surface area (Å²) in [5, 5.41) is 3.02. The average Bonchev–Trinajstić information content (AvgIpc) is 2.91. The Hall–Kier alpha value is -2.77. The highest BCUT2D eigenvalue weighted by Crippen LogP contribution is 2.20. The van der Waals surface area contributed by atoms with Gasteiger partial charge in [-0.15, -0.1) is 11.8 Å². The maximum atomic E-state index is 13.6. The van der Waals surface area contributed by atoms with Crippen LogP contribution < -0.4 is 10.1 Å². The molecule has 0 fully saturated rings. The normalized spacial score (nSPS) is 11.5. The fourth-order valence-electron chi connectivity index (χ4n) is 3.77. The number of amides is 2. The molecule has 0 saturated carbocycles. The Morgan fingerprint density at radius 2 is 1.61 bits per heavy atom. The first-order valence-electron chi connectivity index (χ1n) is 12.1. The van der Waals surface area contributed by atoms with Crippen LogP contribution in [0.25, 0.3) is 0 Å². The summed E-state index contributed by atoms with van der Waals surface area (Å²) in [6.45, 7) is 2.97. The van der Waals surface area contributed by atoms with Crippen LogP contribution in [0.2, 0.25) is 0 Å². The zero-order chi connectivity index (χ0) is 25.8. The molecule has 0 saturated heterocycles. The Morgan fingerprint density at radius 1 is 0.944 bits per heavy atom. The second-order valence-corrected chi connectivity index (χ2v) is 10.4. The summed E-state index contributed by atoms with van der Waals surface area (Å²) in [4.78, 5) is 28.7. The van der Waals surface area contributed by atoms with Gasteiger partial charge >= 0.3 is 0 Å². The van der Waals surface area contributed by atoms with Crippen molar-refractivity contribution in [3.8, 4) is 5.75 Å². The van der Waals surface area contributed by atoms with Crippen molar-refractivity contribution in [3.63, 3.8) is 0 Å². The molecule has 36 heavy (non-hydrogen) atoms. The van der Waals surface area contributed by atoms with E-state index in [1.807, 2.05) is 85.8 Å². The second kappa shape index (κ2) is 14.7. The number of ether oxygens (including phenoxy) is 1. The van der Waals surface area contributed by atoms with E-state index in [0.717, 1.165) is 33.3 Å². The average molecular weight is 570 g/mol. The van der Waals surface area contributed by atoms with Crippen molar-refractivity contribution in [1.29, 1.82) is 0 Å². The minimum atomic E-state index is -0.600. The third-order valence-corrected chi connectivity index (χ3v) is 7.26. The molecule has 5 nitrogen and oxygen atoms in total. The van der Waals surface area contributed by atoms with Crippen molar-refractivity contribution in [2.45, 2.75) is 38.1 Å². The van der Waals surface area contributed by atoms with Crippen LogP contribution in [-0.4, -0.2) is 42.2 Å². The van der Waals surface area contributed by atoms with Crippen LogP contribution >= 0.6 is 27.7 Å². The molecular formula is C29H33BrN2O3S. The van der Waals surface area contributed by atoms with Crippen LogP contribution in [0, 0.1) is 0 Å². The highest BCUT2D eigenvalue weighted by molar-refractivity contribution is 9.10. The van der Waals surface area contributed by atoms with Gasteiger partial charge in [-0.25, -0.2) is 0 Å². The molecule has 2 amide bonds. The Morgan fingerprint density at radius 3 is 2.25 bits per heavy atom. The zero-order valence-corrected chi connectivity index (χ0v) is 23.2. The van der Waals surface area contributed by atoms with E-state index >= 15 is 0 Å². The van der Waals surface area contributed by atoms with Gasteiger partial charge in [0.15, 0.2) is 0 Å². The van der Waals surface area contributed by atoms with Crippen molar-refractivity contribution >= 4 is 39.5 Å². The minimum Gasteiger partial charge on any atom is -0.497 e. The number of hydrogen-bond acceptors (Lipinski definition) is 4. The van der Waals surface area contributed by atoms with Crippen LogP contribution in [0.4, 0.5) is 0 Å². The number of halogens is 1. The highest BCUT2D eigenvalue weighted by atomic mass is 79.9. The third-order valence-electron chi connectivity index (χ3n) is 5.74. The van der Waals surface area contributed by atoms with Gasteiger partial charge < -0.3 is 15.0 Å². The molecule has 0 bridgehead atoms. The maximum absolute atomic E-state index is 13.6. The second-order valence-electron chi connectivity index (χ2n) is 8.49. The van der Waals surface area contributed by atoms with E-state index in [0.29, 0.717) is 25.3 Å². The number of nitrogens with zero attached hydrogens (tertiary/aromatic N) is 1. The molecule has 7 heteroatoms. The van der Waals surface area contributed by atoms with Gasteiger partial charge in [0.1, 0.15) is 11.8 Å². The molecule has 1 N–H and O–H groups in total. The summed E-state index contributed by atoms with van der Waals surface area (Å²) >= 11 is 5.03. The lowest BCUT2D eigenvalue weighted by Crippen LogP contribution is -2.51. The van der Waals surface area contributed by atoms with E-state index in [1.54, 1.807) is 23.8 Å². The van der Waals surface area contributed by atoms with Gasteiger partial charge in [0.2, 0.25) is 11.8 Å². The number of rotatable bonds is 13. The minimum absolute atomic E-state index is 0.0518. The number of thioether (sulfide) groups is 1. The Labute approximate surface area is 226 Å². The standard InChI is InChI=1S/C29H33BrN2O3S/c1-3-17-31-29(34)27(18-22-7-5-4-6-8-22)32(19-23-9-13-25(30)14-10-23)28(33)21-36-20-24-11-15-26(35-2)16-12-24/h4-16,27H,3,17-21H2,1-2H3,(H,31,34). The lowest BCUT2D eigenvalue weighted by molar-refractivity contribution is -0.139. The molecule has 190 valence electrons. The van der Waals surface area contributed by atoms with Crippen molar-refractivity contribution in [2.24, 2.45) is 0 Å². The van der Waals surface area contributed by atoms with Gasteiger partial charge in [-0.05, 0) is 47.4 Å². The number of carbonyl (C=O) groups is 2. The molecule has 1 atom stereocenters. The van der Waals surface area contributed by atoms with Crippen molar-refractivity contribution in [2.75, 3.05) is 19.4 Å². The predicted molar refractivity (Wildman–Crippen MR) is 151 cm³/mol. The largest absolute Gasteiger partial charge is 0.497 e. The summed E-state index contributed by atoms with van der Waals surface area (Å²) in [5.74, 6) is 1.62. The molecule has 0 aliphatic carbocycles. The summed E-state index contributed by atoms with van der Waals surface area (Å²) in [7, 11) is 1.64. The molecule has 0 aliphatic rings. The first-order chi connectivity index (χ1) is 17.5. The molecule has 3 aromatic rings. The molecule has 0 heterocycles. The number of nitrogens with one attached hydrogen (secondary N) is 1. The smallest absolute Gasteiger partial charge is 0.243 e.